The molecule has 0 unspecified atom stereocenters. The standard InChI is InChI=1S/C14H16N4O3S2/c1-9-7-14(17-10(2)16-9)22-8-13(19)18-11-3-5-12(6-4-11)23(15,20)21/h3-7H,8H2,1-2H3,(H,18,19)(H2,15,20,21). The van der Waals surface area contributed by atoms with Crippen LogP contribution < -0.4 is 10.5 Å². The number of hydrogen-bond acceptors (Lipinski definition) is 6. The Morgan fingerprint density at radius 1 is 1.22 bits per heavy atom. The molecule has 1 aromatic carbocycles. The first-order chi connectivity index (χ1) is 10.7. The molecule has 0 bridgehead atoms. The highest BCUT2D eigenvalue weighted by Gasteiger charge is 2.09. The molecule has 1 amide bonds. The van der Waals surface area contributed by atoms with Gasteiger partial charge in [0.1, 0.15) is 10.9 Å². The molecule has 0 aliphatic rings. The van der Waals surface area contributed by atoms with Gasteiger partial charge in [-0.25, -0.2) is 23.5 Å². The maximum atomic E-state index is 11.9. The highest BCUT2D eigenvalue weighted by Crippen LogP contribution is 2.17. The predicted octanol–water partition coefficient (Wildman–Crippen LogP) is 1.47. The summed E-state index contributed by atoms with van der Waals surface area (Å²) in [5.41, 5.74) is 1.34. The number of thioether (sulfide) groups is 1. The molecule has 0 fully saturated rings. The lowest BCUT2D eigenvalue weighted by atomic mass is 10.3. The Labute approximate surface area is 138 Å². The van der Waals surface area contributed by atoms with Gasteiger partial charge >= 0.3 is 0 Å². The fourth-order valence-electron chi connectivity index (χ4n) is 1.82. The molecule has 2 rings (SSSR count). The summed E-state index contributed by atoms with van der Waals surface area (Å²) < 4.78 is 22.3. The van der Waals surface area contributed by atoms with Crippen molar-refractivity contribution in [2.45, 2.75) is 23.8 Å². The summed E-state index contributed by atoms with van der Waals surface area (Å²) >= 11 is 1.30. The Morgan fingerprint density at radius 2 is 1.87 bits per heavy atom. The van der Waals surface area contributed by atoms with Crippen molar-refractivity contribution in [3.05, 3.63) is 41.9 Å². The Balaban J connectivity index is 1.94. The molecule has 7 nitrogen and oxygen atoms in total. The van der Waals surface area contributed by atoms with Gasteiger partial charge in [0.05, 0.1) is 10.6 Å². The second-order valence-electron chi connectivity index (χ2n) is 4.80. The molecule has 23 heavy (non-hydrogen) atoms. The average Bonchev–Trinajstić information content (AvgIpc) is 2.44. The first-order valence-corrected chi connectivity index (χ1v) is 9.15. The van der Waals surface area contributed by atoms with Crippen LogP contribution in [0.15, 0.2) is 40.3 Å². The zero-order valence-corrected chi connectivity index (χ0v) is 14.2. The Kier molecular flexibility index (Phi) is 5.34. The third-order valence-electron chi connectivity index (χ3n) is 2.76. The number of rotatable bonds is 5. The Bertz CT molecular complexity index is 800. The van der Waals surface area contributed by atoms with Crippen molar-refractivity contribution >= 4 is 33.4 Å². The number of nitrogens with zero attached hydrogens (tertiary/aromatic N) is 2. The molecule has 0 aliphatic carbocycles. The summed E-state index contributed by atoms with van der Waals surface area (Å²) in [4.78, 5) is 20.3. The first kappa shape index (κ1) is 17.4. The minimum atomic E-state index is -3.73. The van der Waals surface area contributed by atoms with E-state index in [4.69, 9.17) is 5.14 Å². The van der Waals surface area contributed by atoms with Crippen molar-refractivity contribution in [2.24, 2.45) is 5.14 Å². The van der Waals surface area contributed by atoms with Crippen LogP contribution in [0.5, 0.6) is 0 Å². The summed E-state index contributed by atoms with van der Waals surface area (Å²) in [7, 11) is -3.73. The smallest absolute Gasteiger partial charge is 0.238 e. The largest absolute Gasteiger partial charge is 0.325 e. The van der Waals surface area contributed by atoms with Gasteiger partial charge in [0.25, 0.3) is 0 Å². The number of sulfonamides is 1. The molecule has 0 saturated heterocycles. The highest BCUT2D eigenvalue weighted by atomic mass is 32.2. The van der Waals surface area contributed by atoms with Gasteiger partial charge in [-0.1, -0.05) is 11.8 Å². The number of anilines is 1. The zero-order chi connectivity index (χ0) is 17.0. The maximum absolute atomic E-state index is 11.9. The molecular formula is C14H16N4O3S2. The molecule has 0 atom stereocenters. The van der Waals surface area contributed by atoms with Crippen molar-refractivity contribution in [2.75, 3.05) is 11.1 Å². The van der Waals surface area contributed by atoms with Crippen LogP contribution in [-0.2, 0) is 14.8 Å². The maximum Gasteiger partial charge on any atom is 0.238 e. The van der Waals surface area contributed by atoms with Crippen molar-refractivity contribution in [1.29, 1.82) is 0 Å². The zero-order valence-electron chi connectivity index (χ0n) is 12.6. The second kappa shape index (κ2) is 7.07. The number of hydrogen-bond donors (Lipinski definition) is 2. The second-order valence-corrected chi connectivity index (χ2v) is 7.36. The number of carbonyl (C=O) groups excluding carboxylic acids is 1. The van der Waals surface area contributed by atoms with Crippen LogP contribution in [0, 0.1) is 13.8 Å². The van der Waals surface area contributed by atoms with E-state index in [1.54, 1.807) is 6.92 Å². The normalized spacial score (nSPS) is 11.3. The fourth-order valence-corrected chi connectivity index (χ4v) is 3.14. The van der Waals surface area contributed by atoms with Gasteiger partial charge in [0.15, 0.2) is 0 Å². The van der Waals surface area contributed by atoms with E-state index in [2.05, 4.69) is 15.3 Å². The summed E-state index contributed by atoms with van der Waals surface area (Å²) in [6, 6.07) is 7.47. The molecule has 0 aliphatic heterocycles. The van der Waals surface area contributed by atoms with Gasteiger partial charge < -0.3 is 5.32 Å². The van der Waals surface area contributed by atoms with Crippen molar-refractivity contribution < 1.29 is 13.2 Å². The van der Waals surface area contributed by atoms with Crippen molar-refractivity contribution in [1.82, 2.24) is 9.97 Å². The van der Waals surface area contributed by atoms with E-state index in [-0.39, 0.29) is 16.6 Å². The molecule has 122 valence electrons. The fraction of sp³-hybridized carbons (Fsp3) is 0.214. The van der Waals surface area contributed by atoms with Crippen LogP contribution in [0.2, 0.25) is 0 Å². The number of primary sulfonamides is 1. The highest BCUT2D eigenvalue weighted by molar-refractivity contribution is 7.99. The van der Waals surface area contributed by atoms with Gasteiger partial charge in [-0.15, -0.1) is 0 Å². The molecule has 1 aromatic heterocycles. The van der Waals surface area contributed by atoms with Crippen LogP contribution in [-0.4, -0.2) is 30.0 Å². The van der Waals surface area contributed by atoms with E-state index in [0.29, 0.717) is 11.5 Å². The van der Waals surface area contributed by atoms with Crippen molar-refractivity contribution in [3.8, 4) is 0 Å². The summed E-state index contributed by atoms with van der Waals surface area (Å²) in [6.45, 7) is 3.66. The van der Waals surface area contributed by atoms with E-state index in [1.807, 2.05) is 13.0 Å². The van der Waals surface area contributed by atoms with E-state index < -0.39 is 10.0 Å². The molecule has 9 heteroatoms. The number of aryl methyl sites for hydroxylation is 2. The molecule has 2 aromatic rings. The quantitative estimate of drug-likeness (QED) is 0.622. The first-order valence-electron chi connectivity index (χ1n) is 6.62. The van der Waals surface area contributed by atoms with Gasteiger partial charge in [-0.3, -0.25) is 4.79 Å². The summed E-state index contributed by atoms with van der Waals surface area (Å²) in [5.74, 6) is 0.631. The van der Waals surface area contributed by atoms with E-state index in [0.717, 1.165) is 10.7 Å². The van der Waals surface area contributed by atoms with Crippen LogP contribution in [0.25, 0.3) is 0 Å². The van der Waals surface area contributed by atoms with Gasteiger partial charge in [-0.2, -0.15) is 0 Å². The lowest BCUT2D eigenvalue weighted by Gasteiger charge is -2.06. The minimum absolute atomic E-state index is 0.00295. The minimum Gasteiger partial charge on any atom is -0.325 e. The van der Waals surface area contributed by atoms with Crippen LogP contribution >= 0.6 is 11.8 Å². The summed E-state index contributed by atoms with van der Waals surface area (Å²) in [5, 5.41) is 8.43. The molecule has 3 N–H and O–H groups in total. The monoisotopic (exact) mass is 352 g/mol. The Hall–Kier alpha value is -1.97. The van der Waals surface area contributed by atoms with Gasteiger partial charge in [-0.05, 0) is 44.2 Å². The summed E-state index contributed by atoms with van der Waals surface area (Å²) in [6.07, 6.45) is 0. The number of nitrogens with one attached hydrogen (secondary N) is 1. The third kappa shape index (κ3) is 5.31. The van der Waals surface area contributed by atoms with Gasteiger partial charge in [0.2, 0.25) is 15.9 Å². The number of benzene rings is 1. The lowest BCUT2D eigenvalue weighted by molar-refractivity contribution is -0.113. The number of aromatic nitrogens is 2. The van der Waals surface area contributed by atoms with Crippen LogP contribution in [0.1, 0.15) is 11.5 Å². The van der Waals surface area contributed by atoms with Crippen LogP contribution in [0.3, 0.4) is 0 Å². The number of amides is 1. The molecular weight excluding hydrogens is 336 g/mol. The average molecular weight is 352 g/mol. The lowest BCUT2D eigenvalue weighted by Crippen LogP contribution is -2.15. The molecule has 0 spiro atoms. The molecule has 0 saturated carbocycles. The number of carbonyl (C=O) groups is 1. The predicted molar refractivity (Wildman–Crippen MR) is 88.7 cm³/mol. The van der Waals surface area contributed by atoms with E-state index >= 15 is 0 Å². The third-order valence-corrected chi connectivity index (χ3v) is 4.60. The molecule has 0 radical (unpaired) electrons. The van der Waals surface area contributed by atoms with E-state index in [1.165, 1.54) is 36.0 Å². The van der Waals surface area contributed by atoms with Crippen molar-refractivity contribution in [3.63, 3.8) is 0 Å². The van der Waals surface area contributed by atoms with Gasteiger partial charge in [0, 0.05) is 11.4 Å². The van der Waals surface area contributed by atoms with E-state index in [9.17, 15) is 13.2 Å². The number of nitrogens with two attached hydrogens (primary N) is 1. The van der Waals surface area contributed by atoms with Crippen LogP contribution in [0.4, 0.5) is 5.69 Å². The SMILES string of the molecule is Cc1cc(SCC(=O)Nc2ccc(S(N)(=O)=O)cc2)nc(C)n1. The Morgan fingerprint density at radius 3 is 2.43 bits per heavy atom. The topological polar surface area (TPSA) is 115 Å². The molecule has 1 heterocycles.